The molecule has 3 rings (SSSR count). The third-order valence-electron chi connectivity index (χ3n) is 1.95. The largest absolute Gasteiger partial charge is 0.374 e. The van der Waals surface area contributed by atoms with Gasteiger partial charge in [0.15, 0.2) is 4.34 Å². The molecule has 9 heteroatoms. The van der Waals surface area contributed by atoms with Gasteiger partial charge in [0.2, 0.25) is 16.8 Å². The molecular formula is C9H7N5OS3. The number of hydrogen-bond donors (Lipinski definition) is 1. The van der Waals surface area contributed by atoms with Crippen LogP contribution in [0.5, 0.6) is 0 Å². The van der Waals surface area contributed by atoms with Gasteiger partial charge in [-0.1, -0.05) is 34.3 Å². The molecule has 0 aliphatic heterocycles. The van der Waals surface area contributed by atoms with Crippen LogP contribution in [0.4, 0.5) is 5.13 Å². The van der Waals surface area contributed by atoms with Gasteiger partial charge in [-0.15, -0.1) is 21.5 Å². The molecule has 0 saturated carbocycles. The molecule has 18 heavy (non-hydrogen) atoms. The highest BCUT2D eigenvalue weighted by Crippen LogP contribution is 2.27. The van der Waals surface area contributed by atoms with E-state index in [0.29, 0.717) is 22.6 Å². The Kier molecular flexibility index (Phi) is 3.26. The summed E-state index contributed by atoms with van der Waals surface area (Å²) in [4.78, 5) is 5.31. The average Bonchev–Trinajstić information content (AvgIpc) is 3.07. The van der Waals surface area contributed by atoms with Crippen molar-refractivity contribution in [2.75, 3.05) is 5.73 Å². The van der Waals surface area contributed by atoms with Crippen molar-refractivity contribution in [3.05, 3.63) is 23.4 Å². The molecule has 6 nitrogen and oxygen atoms in total. The zero-order valence-electron chi connectivity index (χ0n) is 8.94. The minimum absolute atomic E-state index is 0.460. The van der Waals surface area contributed by atoms with Crippen LogP contribution in [-0.2, 0) is 5.75 Å². The van der Waals surface area contributed by atoms with E-state index in [0.717, 1.165) is 9.22 Å². The van der Waals surface area contributed by atoms with Gasteiger partial charge < -0.3 is 10.3 Å². The molecule has 0 atom stereocenters. The zero-order chi connectivity index (χ0) is 12.4. The van der Waals surface area contributed by atoms with Crippen molar-refractivity contribution in [1.29, 1.82) is 0 Å². The Hall–Kier alpha value is -1.45. The average molecular weight is 297 g/mol. The Balaban J connectivity index is 1.67. The Morgan fingerprint density at radius 3 is 3.06 bits per heavy atom. The Labute approximate surface area is 114 Å². The lowest BCUT2D eigenvalue weighted by atomic mass is 10.4. The summed E-state index contributed by atoms with van der Waals surface area (Å²) >= 11 is 4.40. The van der Waals surface area contributed by atoms with Crippen LogP contribution in [0.1, 0.15) is 5.89 Å². The summed E-state index contributed by atoms with van der Waals surface area (Å²) in [6, 6.07) is 3.91. The minimum Gasteiger partial charge on any atom is -0.374 e. The minimum atomic E-state index is 0.460. The molecular weight excluding hydrogens is 290 g/mol. The highest BCUT2D eigenvalue weighted by molar-refractivity contribution is 8.00. The van der Waals surface area contributed by atoms with Crippen LogP contribution < -0.4 is 5.73 Å². The summed E-state index contributed by atoms with van der Waals surface area (Å²) in [7, 11) is 0. The van der Waals surface area contributed by atoms with Crippen molar-refractivity contribution in [3.8, 4) is 10.7 Å². The number of thioether (sulfide) groups is 1. The standard InChI is InChI=1S/C9H7N5OS3/c10-8-12-13-9(18-8)17-4-6-11-7(14-15-6)5-2-1-3-16-5/h1-3H,4H2,(H2,10,12). The molecule has 0 bridgehead atoms. The van der Waals surface area contributed by atoms with Crippen molar-refractivity contribution < 1.29 is 4.52 Å². The summed E-state index contributed by atoms with van der Waals surface area (Å²) in [5, 5.41) is 14.0. The lowest BCUT2D eigenvalue weighted by Crippen LogP contribution is -1.81. The molecule has 0 saturated heterocycles. The molecule has 0 aromatic carbocycles. The summed E-state index contributed by atoms with van der Waals surface area (Å²) in [5.74, 6) is 1.75. The summed E-state index contributed by atoms with van der Waals surface area (Å²) in [6.07, 6.45) is 0. The highest BCUT2D eigenvalue weighted by atomic mass is 32.2. The number of nitrogens with two attached hydrogens (primary N) is 1. The predicted molar refractivity (Wildman–Crippen MR) is 71.5 cm³/mol. The third-order valence-corrected chi connectivity index (χ3v) is 4.69. The molecule has 0 aliphatic carbocycles. The van der Waals surface area contributed by atoms with Crippen LogP contribution >= 0.6 is 34.4 Å². The predicted octanol–water partition coefficient (Wildman–Crippen LogP) is 2.52. The number of rotatable bonds is 4. The highest BCUT2D eigenvalue weighted by Gasteiger charge is 2.10. The second-order valence-electron chi connectivity index (χ2n) is 3.18. The Bertz CT molecular complexity index is 632. The fourth-order valence-corrected chi connectivity index (χ4v) is 3.34. The topological polar surface area (TPSA) is 90.7 Å². The first-order valence-corrected chi connectivity index (χ1v) is 7.57. The van der Waals surface area contributed by atoms with Gasteiger partial charge >= 0.3 is 0 Å². The normalized spacial score (nSPS) is 10.9. The molecule has 92 valence electrons. The Morgan fingerprint density at radius 2 is 2.33 bits per heavy atom. The van der Waals surface area contributed by atoms with E-state index in [1.165, 1.54) is 23.1 Å². The first kappa shape index (κ1) is 11.6. The van der Waals surface area contributed by atoms with Gasteiger partial charge in [-0.3, -0.25) is 0 Å². The van der Waals surface area contributed by atoms with E-state index in [2.05, 4.69) is 20.3 Å². The number of nitrogen functional groups attached to an aromatic ring is 1. The number of anilines is 1. The summed E-state index contributed by atoms with van der Waals surface area (Å²) < 4.78 is 5.96. The van der Waals surface area contributed by atoms with Gasteiger partial charge in [0.05, 0.1) is 10.6 Å². The Morgan fingerprint density at radius 1 is 1.39 bits per heavy atom. The molecule has 0 amide bonds. The van der Waals surface area contributed by atoms with Crippen molar-refractivity contribution in [3.63, 3.8) is 0 Å². The zero-order valence-corrected chi connectivity index (χ0v) is 11.4. The first-order chi connectivity index (χ1) is 8.81. The van der Waals surface area contributed by atoms with Gasteiger partial charge in [-0.25, -0.2) is 0 Å². The molecule has 3 heterocycles. The van der Waals surface area contributed by atoms with E-state index in [1.807, 2.05) is 17.5 Å². The van der Waals surface area contributed by atoms with Crippen molar-refractivity contribution in [1.82, 2.24) is 20.3 Å². The monoisotopic (exact) mass is 297 g/mol. The van der Waals surface area contributed by atoms with Crippen molar-refractivity contribution in [2.24, 2.45) is 0 Å². The lowest BCUT2D eigenvalue weighted by molar-refractivity contribution is 0.392. The molecule has 0 aliphatic rings. The fourth-order valence-electron chi connectivity index (χ4n) is 1.22. The second kappa shape index (κ2) is 5.04. The first-order valence-electron chi connectivity index (χ1n) is 4.89. The van der Waals surface area contributed by atoms with Crippen LogP contribution in [0.3, 0.4) is 0 Å². The molecule has 0 spiro atoms. The van der Waals surface area contributed by atoms with E-state index < -0.39 is 0 Å². The van der Waals surface area contributed by atoms with E-state index in [9.17, 15) is 0 Å². The van der Waals surface area contributed by atoms with Crippen LogP contribution in [0.2, 0.25) is 0 Å². The maximum atomic E-state index is 5.50. The van der Waals surface area contributed by atoms with E-state index >= 15 is 0 Å². The SMILES string of the molecule is Nc1nnc(SCc2nc(-c3cccs3)no2)s1. The van der Waals surface area contributed by atoms with Gasteiger partial charge in [0, 0.05) is 0 Å². The molecule has 3 aromatic rings. The van der Waals surface area contributed by atoms with Gasteiger partial charge in [-0.2, -0.15) is 4.98 Å². The fraction of sp³-hybridized carbons (Fsp3) is 0.111. The number of aromatic nitrogens is 4. The second-order valence-corrected chi connectivity index (χ2v) is 6.36. The third kappa shape index (κ3) is 2.52. The number of nitrogens with zero attached hydrogens (tertiary/aromatic N) is 4. The summed E-state index contributed by atoms with van der Waals surface area (Å²) in [6.45, 7) is 0. The van der Waals surface area contributed by atoms with Crippen LogP contribution in [0.25, 0.3) is 10.7 Å². The molecule has 3 aromatic heterocycles. The van der Waals surface area contributed by atoms with Gasteiger partial charge in [-0.05, 0) is 11.4 Å². The van der Waals surface area contributed by atoms with E-state index in [1.54, 1.807) is 11.3 Å². The van der Waals surface area contributed by atoms with Crippen molar-refractivity contribution >= 4 is 39.6 Å². The van der Waals surface area contributed by atoms with E-state index in [4.69, 9.17) is 10.3 Å². The maximum Gasteiger partial charge on any atom is 0.237 e. The van der Waals surface area contributed by atoms with Crippen LogP contribution in [-0.4, -0.2) is 20.3 Å². The van der Waals surface area contributed by atoms with E-state index in [-0.39, 0.29) is 0 Å². The number of hydrogen-bond acceptors (Lipinski definition) is 9. The van der Waals surface area contributed by atoms with Crippen LogP contribution in [0, 0.1) is 0 Å². The van der Waals surface area contributed by atoms with Gasteiger partial charge in [0.25, 0.3) is 0 Å². The summed E-state index contributed by atoms with van der Waals surface area (Å²) in [5.41, 5.74) is 5.50. The number of thiophene rings is 1. The molecule has 2 N–H and O–H groups in total. The smallest absolute Gasteiger partial charge is 0.237 e. The van der Waals surface area contributed by atoms with Gasteiger partial charge in [0.1, 0.15) is 0 Å². The van der Waals surface area contributed by atoms with Crippen molar-refractivity contribution in [2.45, 2.75) is 10.1 Å². The maximum absolute atomic E-state index is 5.50. The molecule has 0 unspecified atom stereocenters. The molecule has 0 fully saturated rings. The van der Waals surface area contributed by atoms with Crippen LogP contribution in [0.15, 0.2) is 26.4 Å². The lowest BCUT2D eigenvalue weighted by Gasteiger charge is -1.88. The molecule has 0 radical (unpaired) electrons. The quantitative estimate of drug-likeness (QED) is 0.740.